The van der Waals surface area contributed by atoms with Gasteiger partial charge in [-0.1, -0.05) is 77.6 Å². The number of nitrogens with zero attached hydrogens (tertiary/aromatic N) is 3. The Morgan fingerprint density at radius 1 is 1.06 bits per heavy atom. The number of aromatic nitrogens is 1. The molecule has 0 fully saturated rings. The van der Waals surface area contributed by atoms with Gasteiger partial charge in [0.1, 0.15) is 0 Å². The number of allylic oxidation sites excluding steroid dienone is 1. The third kappa shape index (κ3) is 3.65. The Morgan fingerprint density at radius 2 is 1.86 bits per heavy atom. The molecule has 2 heterocycles. The van der Waals surface area contributed by atoms with E-state index in [0.29, 0.717) is 14.9 Å². The van der Waals surface area contributed by atoms with E-state index >= 15 is 0 Å². The Labute approximate surface area is 205 Å². The monoisotopic (exact) mass is 479 g/mol. The molecule has 1 aliphatic carbocycles. The van der Waals surface area contributed by atoms with Gasteiger partial charge in [-0.15, -0.1) is 0 Å². The molecule has 1 aliphatic heterocycles. The lowest BCUT2D eigenvalue weighted by atomic mass is 9.83. The lowest BCUT2D eigenvalue weighted by molar-refractivity contribution is -0.384. The summed E-state index contributed by atoms with van der Waals surface area (Å²) >= 11 is 1.33. The van der Waals surface area contributed by atoms with Gasteiger partial charge >= 0.3 is 0 Å². The molecule has 6 nitrogen and oxygen atoms in total. The van der Waals surface area contributed by atoms with Crippen LogP contribution < -0.4 is 14.9 Å². The van der Waals surface area contributed by atoms with Crippen LogP contribution in [0.3, 0.4) is 0 Å². The molecule has 172 valence electrons. The number of fused-ring (bicyclic) bond motifs is 3. The van der Waals surface area contributed by atoms with E-state index in [2.05, 4.69) is 49.4 Å². The maximum absolute atomic E-state index is 13.7. The molecular formula is C28H21N3O3S. The summed E-state index contributed by atoms with van der Waals surface area (Å²) in [5, 5.41) is 11.2. The zero-order valence-electron chi connectivity index (χ0n) is 19.0. The molecule has 1 atom stereocenters. The molecule has 0 N–H and O–H groups in total. The van der Waals surface area contributed by atoms with Crippen LogP contribution >= 0.6 is 11.3 Å². The molecule has 0 spiro atoms. The Morgan fingerprint density at radius 3 is 2.66 bits per heavy atom. The van der Waals surface area contributed by atoms with E-state index in [1.807, 2.05) is 6.07 Å². The first-order valence-corrected chi connectivity index (χ1v) is 12.3. The van der Waals surface area contributed by atoms with Gasteiger partial charge in [0.15, 0.2) is 4.80 Å². The Bertz CT molecular complexity index is 1710. The number of aryl methyl sites for hydroxylation is 2. The van der Waals surface area contributed by atoms with Crippen molar-refractivity contribution in [3.05, 3.63) is 136 Å². The van der Waals surface area contributed by atoms with Gasteiger partial charge in [-0.25, -0.2) is 4.99 Å². The molecule has 2 aliphatic rings. The predicted octanol–water partition coefficient (Wildman–Crippen LogP) is 4.54. The van der Waals surface area contributed by atoms with Crippen molar-refractivity contribution in [3.8, 4) is 0 Å². The van der Waals surface area contributed by atoms with Crippen LogP contribution in [0.25, 0.3) is 11.8 Å². The standard InChI is InChI=1S/C28H21N3O3S/c1-17-9-11-20(12-10-17)26-23-14-13-19-6-2-3-8-22(19)25(23)29-28-30(26)27(32)24(35-28)16-18-5-4-7-21(15-18)31(33)34/h2-12,15-16,26H,13-14H2,1H3. The van der Waals surface area contributed by atoms with Crippen LogP contribution in [0.2, 0.25) is 0 Å². The SMILES string of the molecule is Cc1ccc(C2C3=C(N=c4sc(=Cc5cccc([N+](=O)[O-])c5)c(=O)n42)c2ccccc2CC3)cc1. The number of rotatable bonds is 3. The summed E-state index contributed by atoms with van der Waals surface area (Å²) in [6.45, 7) is 2.05. The summed E-state index contributed by atoms with van der Waals surface area (Å²) in [4.78, 5) is 30.2. The lowest BCUT2D eigenvalue weighted by Gasteiger charge is -2.30. The molecule has 3 aromatic carbocycles. The second kappa shape index (κ2) is 8.29. The van der Waals surface area contributed by atoms with Crippen molar-refractivity contribution in [1.29, 1.82) is 0 Å². The van der Waals surface area contributed by atoms with Gasteiger partial charge in [-0.2, -0.15) is 0 Å². The van der Waals surface area contributed by atoms with Crippen LogP contribution in [-0.2, 0) is 6.42 Å². The van der Waals surface area contributed by atoms with E-state index in [4.69, 9.17) is 4.99 Å². The molecule has 6 rings (SSSR count). The van der Waals surface area contributed by atoms with E-state index in [1.54, 1.807) is 22.8 Å². The molecule has 0 bridgehead atoms. The van der Waals surface area contributed by atoms with Gasteiger partial charge in [0.2, 0.25) is 0 Å². The lowest BCUT2D eigenvalue weighted by Crippen LogP contribution is -2.38. The summed E-state index contributed by atoms with van der Waals surface area (Å²) in [6, 6.07) is 22.8. The first kappa shape index (κ1) is 21.4. The van der Waals surface area contributed by atoms with Crippen molar-refractivity contribution in [3.63, 3.8) is 0 Å². The molecular weight excluding hydrogens is 458 g/mol. The van der Waals surface area contributed by atoms with Crippen molar-refractivity contribution in [2.75, 3.05) is 0 Å². The predicted molar refractivity (Wildman–Crippen MR) is 137 cm³/mol. The summed E-state index contributed by atoms with van der Waals surface area (Å²) in [7, 11) is 0. The Kier molecular flexibility index (Phi) is 5.07. The fourth-order valence-electron chi connectivity index (χ4n) is 4.95. The van der Waals surface area contributed by atoms with E-state index < -0.39 is 4.92 Å². The molecule has 35 heavy (non-hydrogen) atoms. The normalized spacial score (nSPS) is 16.8. The zero-order valence-corrected chi connectivity index (χ0v) is 19.8. The van der Waals surface area contributed by atoms with Crippen molar-refractivity contribution in [2.24, 2.45) is 4.99 Å². The number of nitro groups is 1. The maximum Gasteiger partial charge on any atom is 0.271 e. The number of thiazole rings is 1. The highest BCUT2D eigenvalue weighted by atomic mass is 32.1. The van der Waals surface area contributed by atoms with Crippen LogP contribution in [0.15, 0.2) is 88.2 Å². The molecule has 0 radical (unpaired) electrons. The van der Waals surface area contributed by atoms with Gasteiger partial charge in [0, 0.05) is 17.7 Å². The minimum Gasteiger partial charge on any atom is -0.272 e. The fraction of sp³-hybridized carbons (Fsp3) is 0.143. The van der Waals surface area contributed by atoms with Gasteiger partial charge in [0.05, 0.1) is 21.2 Å². The smallest absolute Gasteiger partial charge is 0.271 e. The topological polar surface area (TPSA) is 77.5 Å². The number of non-ortho nitro benzene ring substituents is 1. The number of hydrogen-bond acceptors (Lipinski definition) is 5. The van der Waals surface area contributed by atoms with Gasteiger partial charge in [0.25, 0.3) is 11.2 Å². The quantitative estimate of drug-likeness (QED) is 0.320. The summed E-state index contributed by atoms with van der Waals surface area (Å²) in [5.74, 6) is 0. The highest BCUT2D eigenvalue weighted by Crippen LogP contribution is 2.41. The number of hydrogen-bond donors (Lipinski definition) is 0. The van der Waals surface area contributed by atoms with E-state index in [9.17, 15) is 14.9 Å². The van der Waals surface area contributed by atoms with Crippen molar-refractivity contribution < 1.29 is 4.92 Å². The second-order valence-corrected chi connectivity index (χ2v) is 9.89. The van der Waals surface area contributed by atoms with E-state index in [1.165, 1.54) is 29.0 Å². The molecule has 4 aromatic rings. The average molecular weight is 480 g/mol. The van der Waals surface area contributed by atoms with Crippen molar-refractivity contribution in [1.82, 2.24) is 4.57 Å². The summed E-state index contributed by atoms with van der Waals surface area (Å²) in [5.41, 5.74) is 7.21. The molecule has 0 saturated carbocycles. The first-order chi connectivity index (χ1) is 17.0. The van der Waals surface area contributed by atoms with E-state index in [-0.39, 0.29) is 17.3 Å². The Hall–Kier alpha value is -4.10. The first-order valence-electron chi connectivity index (χ1n) is 11.4. The van der Waals surface area contributed by atoms with Gasteiger partial charge in [-0.3, -0.25) is 19.5 Å². The minimum absolute atomic E-state index is 0.00358. The summed E-state index contributed by atoms with van der Waals surface area (Å²) in [6.07, 6.45) is 3.47. The van der Waals surface area contributed by atoms with Gasteiger partial charge in [-0.05, 0) is 48.1 Å². The highest BCUT2D eigenvalue weighted by Gasteiger charge is 2.32. The molecule has 1 unspecified atom stereocenters. The number of benzene rings is 3. The van der Waals surface area contributed by atoms with E-state index in [0.717, 1.165) is 40.8 Å². The van der Waals surface area contributed by atoms with Crippen molar-refractivity contribution >= 4 is 28.8 Å². The largest absolute Gasteiger partial charge is 0.272 e. The third-order valence-corrected chi connectivity index (χ3v) is 7.63. The summed E-state index contributed by atoms with van der Waals surface area (Å²) < 4.78 is 2.31. The molecule has 1 aromatic heterocycles. The van der Waals surface area contributed by atoms with Crippen molar-refractivity contribution in [2.45, 2.75) is 25.8 Å². The van der Waals surface area contributed by atoms with Crippen LogP contribution in [0, 0.1) is 17.0 Å². The maximum atomic E-state index is 13.7. The minimum atomic E-state index is -0.429. The fourth-order valence-corrected chi connectivity index (χ4v) is 5.95. The third-order valence-electron chi connectivity index (χ3n) is 6.64. The van der Waals surface area contributed by atoms with Crippen LogP contribution in [-0.4, -0.2) is 9.49 Å². The second-order valence-electron chi connectivity index (χ2n) is 8.88. The highest BCUT2D eigenvalue weighted by molar-refractivity contribution is 7.07. The van der Waals surface area contributed by atoms with Gasteiger partial charge < -0.3 is 0 Å². The molecule has 0 amide bonds. The zero-order chi connectivity index (χ0) is 24.1. The average Bonchev–Trinajstić information content (AvgIpc) is 3.18. The molecule has 0 saturated heterocycles. The number of nitro benzene ring substituents is 1. The Balaban J connectivity index is 1.60. The van der Waals surface area contributed by atoms with Crippen LogP contribution in [0.1, 0.15) is 40.3 Å². The molecule has 7 heteroatoms. The van der Waals surface area contributed by atoms with Crippen LogP contribution in [0.5, 0.6) is 0 Å². The van der Waals surface area contributed by atoms with Crippen LogP contribution in [0.4, 0.5) is 5.69 Å².